The smallest absolute Gasteiger partial charge is 0.255 e. The normalized spacial score (nSPS) is 28.0. The summed E-state index contributed by atoms with van der Waals surface area (Å²) in [6.45, 7) is 1.58. The van der Waals surface area contributed by atoms with Gasteiger partial charge in [0.05, 0.1) is 11.1 Å². The lowest BCUT2D eigenvalue weighted by atomic mass is 9.55. The second-order valence-corrected chi connectivity index (χ2v) is 21.0. The molecule has 7 aliphatic rings. The van der Waals surface area contributed by atoms with Crippen molar-refractivity contribution in [3.63, 3.8) is 0 Å². The minimum Gasteiger partial charge on any atom is -0.342 e. The molecule has 5 heterocycles. The van der Waals surface area contributed by atoms with E-state index in [2.05, 4.69) is 27.4 Å². The number of nitrogens with zero attached hydrogens (tertiary/aromatic N) is 4. The van der Waals surface area contributed by atoms with Gasteiger partial charge in [0.25, 0.3) is 5.91 Å². The first-order valence-electron chi connectivity index (χ1n) is 24.3. The van der Waals surface area contributed by atoms with Crippen molar-refractivity contribution >= 4 is 64.3 Å². The van der Waals surface area contributed by atoms with E-state index in [0.29, 0.717) is 86.6 Å². The van der Waals surface area contributed by atoms with Crippen LogP contribution < -0.4 is 10.6 Å². The number of hydrogen-bond donors (Lipinski definition) is 2. The van der Waals surface area contributed by atoms with Crippen LogP contribution in [0.2, 0.25) is 10.0 Å². The van der Waals surface area contributed by atoms with Gasteiger partial charge in [-0.15, -0.1) is 0 Å². The molecule has 10 rings (SSSR count). The maximum absolute atomic E-state index is 16.6. The molecule has 2 N–H and O–H groups in total. The van der Waals surface area contributed by atoms with E-state index < -0.39 is 40.7 Å². The van der Waals surface area contributed by atoms with Crippen LogP contribution in [0.15, 0.2) is 54.6 Å². The fourth-order valence-electron chi connectivity index (χ4n) is 13.4. The summed E-state index contributed by atoms with van der Waals surface area (Å²) >= 11 is 13.0. The Hall–Kier alpha value is -5.29. The predicted octanol–water partition coefficient (Wildman–Crippen LogP) is 7.58. The standard InChI is InChI=1S/C53H57Cl2FN6O6/c1-59(50(67)46-44(37-13-8-14-40(55)45(37)56)53(52(60(46)2)25-4-3-5-26-52)39-20-17-34(54)29-41(39)57-51(53)68)35-18-15-33(16-19-35)48(65)61-27-23-31(24-28-61)9-6-10-32-11-7-12-36-38(32)30-62(49(36)66)42-21-22-43(63)58-47(42)64/h7-8,11-14,17,20,29,31,33,35,42,44,46H,3-5,9,15-16,18-19,21-28,30H2,1-2H3,(H,57,68)(H,58,63,64)/t33-,35-,42?,44-,46+,53+/m0/s1. The number of amides is 6. The number of carbonyl (C=O) groups is 6. The Bertz CT molecular complexity index is 2660. The van der Waals surface area contributed by atoms with Gasteiger partial charge >= 0.3 is 0 Å². The van der Waals surface area contributed by atoms with E-state index in [4.69, 9.17) is 23.2 Å². The van der Waals surface area contributed by atoms with E-state index >= 15 is 9.18 Å². The molecular weight excluding hydrogens is 907 g/mol. The number of fused-ring (bicyclic) bond motifs is 4. The molecular formula is C53H57Cl2FN6O6. The lowest BCUT2D eigenvalue weighted by Crippen LogP contribution is -2.60. The number of anilines is 1. The molecule has 5 aliphatic heterocycles. The van der Waals surface area contributed by atoms with Crippen molar-refractivity contribution in [2.75, 3.05) is 32.5 Å². The van der Waals surface area contributed by atoms with Crippen molar-refractivity contribution in [2.45, 2.75) is 131 Å². The highest BCUT2D eigenvalue weighted by molar-refractivity contribution is 6.31. The van der Waals surface area contributed by atoms with Gasteiger partial charge in [-0.2, -0.15) is 0 Å². The Morgan fingerprint density at radius 2 is 1.63 bits per heavy atom. The molecule has 0 radical (unpaired) electrons. The second kappa shape index (κ2) is 18.2. The van der Waals surface area contributed by atoms with Crippen molar-refractivity contribution in [1.82, 2.24) is 24.9 Å². The summed E-state index contributed by atoms with van der Waals surface area (Å²) in [6, 6.07) is 14.0. The number of halogens is 3. The van der Waals surface area contributed by atoms with Crippen LogP contribution in [0.1, 0.15) is 128 Å². The third-order valence-electron chi connectivity index (χ3n) is 16.9. The summed E-state index contributed by atoms with van der Waals surface area (Å²) in [5.41, 5.74) is 1.59. The van der Waals surface area contributed by atoms with Crippen LogP contribution >= 0.6 is 23.2 Å². The number of likely N-dealkylation sites (N-methyl/N-ethyl adjacent to an activating group) is 2. The zero-order chi connectivity index (χ0) is 47.6. The van der Waals surface area contributed by atoms with E-state index in [1.54, 1.807) is 35.2 Å². The van der Waals surface area contributed by atoms with E-state index in [0.717, 1.165) is 48.8 Å². The highest BCUT2D eigenvalue weighted by Crippen LogP contribution is 2.66. The lowest BCUT2D eigenvalue weighted by Gasteiger charge is -2.50. The van der Waals surface area contributed by atoms with Gasteiger partial charge in [-0.25, -0.2) is 4.39 Å². The van der Waals surface area contributed by atoms with Gasteiger partial charge < -0.3 is 20.0 Å². The molecule has 68 heavy (non-hydrogen) atoms. The first kappa shape index (κ1) is 46.4. The minimum absolute atomic E-state index is 0.0617. The van der Waals surface area contributed by atoms with Crippen LogP contribution in [0.3, 0.4) is 0 Å². The Labute approximate surface area is 406 Å². The third kappa shape index (κ3) is 7.52. The lowest BCUT2D eigenvalue weighted by molar-refractivity contribution is -0.141. The number of benzene rings is 3. The SMILES string of the molecule is CN1[C@@H](C(=O)N(C)[C@H]2CC[C@H](C(=O)N3CCC(CC#Cc4cccc5c4CN(C4CCC(=O)NC4=O)C5=O)CC3)CC2)[C@H](c2cccc(Cl)c2F)[C@]2(C(=O)Nc3cc(Cl)ccc32)C12CCCCC2. The summed E-state index contributed by atoms with van der Waals surface area (Å²) in [7, 11) is 3.76. The van der Waals surface area contributed by atoms with Gasteiger partial charge in [0, 0.05) is 84.8 Å². The zero-order valence-corrected chi connectivity index (χ0v) is 40.1. The van der Waals surface area contributed by atoms with Crippen molar-refractivity contribution < 1.29 is 33.2 Å². The van der Waals surface area contributed by atoms with Gasteiger partial charge in [0.1, 0.15) is 17.3 Å². The zero-order valence-electron chi connectivity index (χ0n) is 38.6. The number of imide groups is 1. The van der Waals surface area contributed by atoms with Gasteiger partial charge in [-0.1, -0.05) is 78.6 Å². The average molecular weight is 964 g/mol. The molecule has 2 saturated carbocycles. The van der Waals surface area contributed by atoms with Crippen molar-refractivity contribution in [1.29, 1.82) is 0 Å². The fourth-order valence-corrected chi connectivity index (χ4v) is 13.8. The van der Waals surface area contributed by atoms with Crippen LogP contribution in [0, 0.1) is 29.5 Å². The molecule has 356 valence electrons. The molecule has 2 aliphatic carbocycles. The summed E-state index contributed by atoms with van der Waals surface area (Å²) < 4.78 is 16.6. The van der Waals surface area contributed by atoms with Crippen molar-refractivity contribution in [3.05, 3.63) is 98.3 Å². The van der Waals surface area contributed by atoms with Gasteiger partial charge in [0.2, 0.25) is 29.5 Å². The Morgan fingerprint density at radius 3 is 2.37 bits per heavy atom. The van der Waals surface area contributed by atoms with Crippen LogP contribution in [-0.2, 0) is 35.9 Å². The molecule has 0 aromatic heterocycles. The molecule has 15 heteroatoms. The van der Waals surface area contributed by atoms with Gasteiger partial charge in [-0.3, -0.25) is 39.0 Å². The Balaban J connectivity index is 0.791. The maximum atomic E-state index is 16.6. The minimum atomic E-state index is -1.30. The highest BCUT2D eigenvalue weighted by Gasteiger charge is 2.75. The van der Waals surface area contributed by atoms with Crippen LogP contribution in [0.25, 0.3) is 0 Å². The van der Waals surface area contributed by atoms with E-state index in [1.165, 1.54) is 6.07 Å². The fraction of sp³-hybridized carbons (Fsp3) is 0.509. The maximum Gasteiger partial charge on any atom is 0.255 e. The molecule has 5 fully saturated rings. The third-order valence-corrected chi connectivity index (χ3v) is 17.5. The first-order chi connectivity index (χ1) is 32.7. The molecule has 4 atom stereocenters. The Morgan fingerprint density at radius 1 is 0.897 bits per heavy atom. The van der Waals surface area contributed by atoms with Crippen molar-refractivity contribution in [2.24, 2.45) is 11.8 Å². The van der Waals surface area contributed by atoms with Gasteiger partial charge in [0.15, 0.2) is 0 Å². The number of rotatable bonds is 6. The molecule has 1 unspecified atom stereocenters. The Kier molecular flexibility index (Phi) is 12.4. The molecule has 3 aromatic carbocycles. The number of nitrogens with one attached hydrogen (secondary N) is 2. The van der Waals surface area contributed by atoms with Crippen LogP contribution in [0.4, 0.5) is 10.1 Å². The second-order valence-electron chi connectivity index (χ2n) is 20.2. The average Bonchev–Trinajstić information content (AvgIpc) is 3.91. The monoisotopic (exact) mass is 962 g/mol. The molecule has 6 amide bonds. The first-order valence-corrected chi connectivity index (χ1v) is 25.1. The summed E-state index contributed by atoms with van der Waals surface area (Å²) in [5, 5.41) is 5.89. The number of likely N-dealkylation sites (tertiary alicyclic amines) is 2. The predicted molar refractivity (Wildman–Crippen MR) is 255 cm³/mol. The van der Waals surface area contributed by atoms with E-state index in [1.807, 2.05) is 42.1 Å². The summed E-state index contributed by atoms with van der Waals surface area (Å²) in [5.74, 6) is 4.06. The highest BCUT2D eigenvalue weighted by atomic mass is 35.5. The number of piperidine rings is 2. The van der Waals surface area contributed by atoms with Crippen LogP contribution in [0.5, 0.6) is 0 Å². The quantitative estimate of drug-likeness (QED) is 0.192. The molecule has 3 saturated heterocycles. The molecule has 2 spiro atoms. The summed E-state index contributed by atoms with van der Waals surface area (Å²) in [6.07, 6.45) is 9.49. The van der Waals surface area contributed by atoms with Crippen molar-refractivity contribution in [3.8, 4) is 11.8 Å². The topological polar surface area (TPSA) is 139 Å². The number of hydrogen-bond acceptors (Lipinski definition) is 7. The van der Waals surface area contributed by atoms with E-state index in [9.17, 15) is 24.0 Å². The molecule has 0 bridgehead atoms. The van der Waals surface area contributed by atoms with Gasteiger partial charge in [-0.05, 0) is 118 Å². The van der Waals surface area contributed by atoms with E-state index in [-0.39, 0.29) is 65.0 Å². The largest absolute Gasteiger partial charge is 0.342 e. The molecule has 3 aromatic rings. The molecule has 12 nitrogen and oxygen atoms in total. The van der Waals surface area contributed by atoms with Crippen LogP contribution in [-0.4, -0.2) is 106 Å². The summed E-state index contributed by atoms with van der Waals surface area (Å²) in [4.78, 5) is 89.2. The number of carbonyl (C=O) groups excluding carboxylic acids is 6.